The first-order valence-electron chi connectivity index (χ1n) is 10.4. The summed E-state index contributed by atoms with van der Waals surface area (Å²) in [6.07, 6.45) is 7.10. The number of methoxy groups -OCH3 is 1. The van der Waals surface area contributed by atoms with Crippen LogP contribution in [0, 0.1) is 5.92 Å². The number of ether oxygens (including phenoxy) is 2. The maximum Gasteiger partial charge on any atom is 0.338 e. The largest absolute Gasteiger partial charge is 0.493 e. The minimum Gasteiger partial charge on any atom is -0.493 e. The molecule has 1 heterocycles. The summed E-state index contributed by atoms with van der Waals surface area (Å²) in [6, 6.07) is 5.28. The predicted octanol–water partition coefficient (Wildman–Crippen LogP) is 4.18. The van der Waals surface area contributed by atoms with E-state index < -0.39 is 11.6 Å². The van der Waals surface area contributed by atoms with Crippen molar-refractivity contribution in [3.8, 4) is 11.5 Å². The van der Waals surface area contributed by atoms with Crippen LogP contribution in [0.5, 0.6) is 11.5 Å². The van der Waals surface area contributed by atoms with Gasteiger partial charge in [-0.05, 0) is 63.5 Å². The fraction of sp³-hybridized carbons (Fsp3) is 0.545. The average Bonchev–Trinajstić information content (AvgIpc) is 3.22. The van der Waals surface area contributed by atoms with E-state index in [2.05, 4.69) is 5.32 Å². The Bertz CT molecular complexity index is 938. The van der Waals surface area contributed by atoms with Crippen LogP contribution in [0.3, 0.4) is 0 Å². The summed E-state index contributed by atoms with van der Waals surface area (Å²) in [4.78, 5) is 23.5. The molecule has 7 nitrogen and oxygen atoms in total. The molecule has 4 rings (SSSR count). The van der Waals surface area contributed by atoms with Crippen molar-refractivity contribution >= 4 is 22.6 Å². The molecule has 0 bridgehead atoms. The van der Waals surface area contributed by atoms with E-state index in [0.717, 1.165) is 43.9 Å². The Kier molecular flexibility index (Phi) is 5.65. The van der Waals surface area contributed by atoms with Gasteiger partial charge in [0.1, 0.15) is 0 Å². The number of carbonyl (C=O) groups is 1. The van der Waals surface area contributed by atoms with E-state index in [1.165, 1.54) is 6.07 Å². The monoisotopic (exact) mass is 401 g/mol. The van der Waals surface area contributed by atoms with Gasteiger partial charge in [0, 0.05) is 17.5 Å². The zero-order valence-corrected chi connectivity index (χ0v) is 16.6. The fourth-order valence-electron chi connectivity index (χ4n) is 4.45. The van der Waals surface area contributed by atoms with Crippen LogP contribution in [-0.2, 0) is 4.79 Å². The van der Waals surface area contributed by atoms with E-state index >= 15 is 0 Å². The maximum absolute atomic E-state index is 12.3. The van der Waals surface area contributed by atoms with E-state index in [1.54, 1.807) is 7.11 Å². The second-order valence-corrected chi connectivity index (χ2v) is 8.01. The Labute approximate surface area is 169 Å². The van der Waals surface area contributed by atoms with Crippen LogP contribution in [0.15, 0.2) is 27.4 Å². The average molecular weight is 401 g/mol. The molecule has 29 heavy (non-hydrogen) atoms. The highest BCUT2D eigenvalue weighted by Gasteiger charge is 2.27. The number of benzene rings is 1. The van der Waals surface area contributed by atoms with Crippen molar-refractivity contribution in [1.29, 1.82) is 0 Å². The van der Waals surface area contributed by atoms with Gasteiger partial charge in [0.2, 0.25) is 5.75 Å². The molecule has 1 aromatic heterocycles. The summed E-state index contributed by atoms with van der Waals surface area (Å²) in [7, 11) is 1.57. The summed E-state index contributed by atoms with van der Waals surface area (Å²) in [6.45, 7) is 0. The van der Waals surface area contributed by atoms with Crippen LogP contribution < -0.4 is 20.4 Å². The van der Waals surface area contributed by atoms with Gasteiger partial charge in [0.25, 0.3) is 0 Å². The van der Waals surface area contributed by atoms with E-state index in [-0.39, 0.29) is 18.1 Å². The van der Waals surface area contributed by atoms with Gasteiger partial charge in [-0.15, -0.1) is 0 Å². The van der Waals surface area contributed by atoms with Crippen molar-refractivity contribution < 1.29 is 23.8 Å². The molecule has 2 fully saturated rings. The molecular formula is C22H27NO6. The number of hydrogen-bond donors (Lipinski definition) is 2. The highest BCUT2D eigenvalue weighted by atomic mass is 16.5. The third kappa shape index (κ3) is 4.18. The number of carboxylic acid groups (broad SMARTS) is 1. The maximum atomic E-state index is 12.3. The zero-order chi connectivity index (χ0) is 20.4. The van der Waals surface area contributed by atoms with Crippen molar-refractivity contribution in [3.05, 3.63) is 28.6 Å². The molecule has 2 aromatic rings. The van der Waals surface area contributed by atoms with Crippen LogP contribution in [0.25, 0.3) is 11.0 Å². The summed E-state index contributed by atoms with van der Waals surface area (Å²) >= 11 is 0. The summed E-state index contributed by atoms with van der Waals surface area (Å²) in [5.74, 6) is 0.0234. The van der Waals surface area contributed by atoms with Gasteiger partial charge in [0.15, 0.2) is 11.3 Å². The molecule has 0 amide bonds. The number of nitrogens with one attached hydrogen (secondary N) is 1. The number of anilines is 1. The quantitative estimate of drug-likeness (QED) is 0.701. The van der Waals surface area contributed by atoms with Gasteiger partial charge in [-0.25, -0.2) is 4.79 Å². The van der Waals surface area contributed by atoms with Crippen LogP contribution >= 0.6 is 0 Å². The third-order valence-corrected chi connectivity index (χ3v) is 6.07. The predicted molar refractivity (Wildman–Crippen MR) is 109 cm³/mol. The summed E-state index contributed by atoms with van der Waals surface area (Å²) in [5.41, 5.74) is 0.628. The molecule has 2 aliphatic carbocycles. The molecule has 2 N–H and O–H groups in total. The second kappa shape index (κ2) is 8.35. The molecule has 2 aliphatic rings. The van der Waals surface area contributed by atoms with Crippen molar-refractivity contribution in [1.82, 2.24) is 0 Å². The SMILES string of the molecule is COc1ccc2c(N[C@H]3CC[C@@H](C(=O)O)CC3)cc(=O)oc2c1OC1CCCC1. The molecule has 1 aromatic carbocycles. The van der Waals surface area contributed by atoms with E-state index in [0.29, 0.717) is 35.6 Å². The first kappa shape index (κ1) is 19.6. The number of rotatable bonds is 6. The van der Waals surface area contributed by atoms with Crippen molar-refractivity contribution in [2.75, 3.05) is 12.4 Å². The van der Waals surface area contributed by atoms with Crippen molar-refractivity contribution in [2.24, 2.45) is 5.92 Å². The number of aliphatic carboxylic acids is 1. The number of hydrogen-bond acceptors (Lipinski definition) is 6. The smallest absolute Gasteiger partial charge is 0.338 e. The molecular weight excluding hydrogens is 374 g/mol. The normalized spacial score (nSPS) is 22.5. The third-order valence-electron chi connectivity index (χ3n) is 6.07. The minimum absolute atomic E-state index is 0.0997. The van der Waals surface area contributed by atoms with E-state index in [9.17, 15) is 14.7 Å². The lowest BCUT2D eigenvalue weighted by atomic mass is 9.86. The standard InChI is InChI=1S/C22H27NO6/c1-27-18-11-10-16-17(23-14-8-6-13(7-9-14)22(25)26)12-19(24)29-20(16)21(18)28-15-4-2-3-5-15/h10-15,23H,2-9H2,1H3,(H,25,26)/t13-,14+. The Hall–Kier alpha value is -2.70. The summed E-state index contributed by atoms with van der Waals surface area (Å²) in [5, 5.41) is 13.4. The fourth-order valence-corrected chi connectivity index (χ4v) is 4.45. The molecule has 156 valence electrons. The Morgan fingerprint density at radius 1 is 1.14 bits per heavy atom. The van der Waals surface area contributed by atoms with Crippen LogP contribution in [0.1, 0.15) is 51.4 Å². The molecule has 0 saturated heterocycles. The molecule has 0 unspecified atom stereocenters. The zero-order valence-electron chi connectivity index (χ0n) is 16.6. The molecule has 0 radical (unpaired) electrons. The molecule has 0 aliphatic heterocycles. The van der Waals surface area contributed by atoms with E-state index in [4.69, 9.17) is 13.9 Å². The Morgan fingerprint density at radius 2 is 1.86 bits per heavy atom. The number of fused-ring (bicyclic) bond motifs is 1. The summed E-state index contributed by atoms with van der Waals surface area (Å²) < 4.78 is 17.2. The van der Waals surface area contributed by atoms with Gasteiger partial charge in [-0.2, -0.15) is 0 Å². The molecule has 7 heteroatoms. The lowest BCUT2D eigenvalue weighted by Crippen LogP contribution is -2.29. The lowest BCUT2D eigenvalue weighted by molar-refractivity contribution is -0.142. The van der Waals surface area contributed by atoms with Gasteiger partial charge in [0.05, 0.1) is 24.8 Å². The van der Waals surface area contributed by atoms with Crippen molar-refractivity contribution in [3.63, 3.8) is 0 Å². The second-order valence-electron chi connectivity index (χ2n) is 8.01. The first-order chi connectivity index (χ1) is 14.0. The van der Waals surface area contributed by atoms with Gasteiger partial charge in [-0.1, -0.05) is 0 Å². The topological polar surface area (TPSA) is 98.0 Å². The Balaban J connectivity index is 1.64. The van der Waals surface area contributed by atoms with Gasteiger partial charge >= 0.3 is 11.6 Å². The van der Waals surface area contributed by atoms with Crippen LogP contribution in [0.4, 0.5) is 5.69 Å². The first-order valence-corrected chi connectivity index (χ1v) is 10.4. The van der Waals surface area contributed by atoms with Crippen LogP contribution in [0.2, 0.25) is 0 Å². The van der Waals surface area contributed by atoms with Gasteiger partial charge in [-0.3, -0.25) is 4.79 Å². The minimum atomic E-state index is -0.727. The van der Waals surface area contributed by atoms with Gasteiger partial charge < -0.3 is 24.3 Å². The Morgan fingerprint density at radius 3 is 2.52 bits per heavy atom. The molecule has 0 spiro atoms. The highest BCUT2D eigenvalue weighted by molar-refractivity contribution is 5.95. The van der Waals surface area contributed by atoms with Crippen LogP contribution in [-0.4, -0.2) is 30.3 Å². The van der Waals surface area contributed by atoms with Crippen molar-refractivity contribution in [2.45, 2.75) is 63.5 Å². The highest BCUT2D eigenvalue weighted by Crippen LogP contribution is 2.40. The molecule has 2 saturated carbocycles. The molecule has 0 atom stereocenters. The van der Waals surface area contributed by atoms with E-state index in [1.807, 2.05) is 12.1 Å². The number of carboxylic acids is 1. The lowest BCUT2D eigenvalue weighted by Gasteiger charge is -2.28.